The first-order chi connectivity index (χ1) is 13.0. The number of amides is 2. The molecule has 10 heteroatoms. The number of methoxy groups -OCH3 is 1. The highest BCUT2D eigenvalue weighted by atomic mass is 16.6. The molecule has 0 radical (unpaired) electrons. The van der Waals surface area contributed by atoms with Crippen LogP contribution in [0.25, 0.3) is 0 Å². The molecule has 0 atom stereocenters. The molecule has 142 valence electrons. The van der Waals surface area contributed by atoms with Gasteiger partial charge in [-0.15, -0.1) is 0 Å². The molecule has 0 fully saturated rings. The summed E-state index contributed by atoms with van der Waals surface area (Å²) in [6, 6.07) is 10.1. The summed E-state index contributed by atoms with van der Waals surface area (Å²) < 4.78 is 16.4. The number of nitrogens with zero attached hydrogens (tertiary/aromatic N) is 2. The van der Waals surface area contributed by atoms with Crippen molar-refractivity contribution in [1.82, 2.24) is 5.43 Å². The number of hydrogen-bond donors (Lipinski definition) is 2. The molecule has 10 nitrogen and oxygen atoms in total. The molecule has 0 aliphatic rings. The minimum atomic E-state index is -0.758. The van der Waals surface area contributed by atoms with Crippen molar-refractivity contribution >= 4 is 17.9 Å². The zero-order valence-electron chi connectivity index (χ0n) is 14.5. The molecule has 0 saturated carbocycles. The van der Waals surface area contributed by atoms with E-state index in [4.69, 9.17) is 19.9 Å². The number of non-ortho nitro benzene ring substituents is 1. The molecule has 3 N–H and O–H groups in total. The Morgan fingerprint density at radius 1 is 1.19 bits per heavy atom. The molecule has 0 aliphatic carbocycles. The Labute approximate surface area is 154 Å². The maximum absolute atomic E-state index is 10.6. The van der Waals surface area contributed by atoms with E-state index in [1.807, 2.05) is 0 Å². The Kier molecular flexibility index (Phi) is 6.94. The number of hydrogen-bond acceptors (Lipinski definition) is 7. The average molecular weight is 374 g/mol. The van der Waals surface area contributed by atoms with Crippen LogP contribution in [0.2, 0.25) is 0 Å². The van der Waals surface area contributed by atoms with Gasteiger partial charge in [-0.1, -0.05) is 0 Å². The van der Waals surface area contributed by atoms with E-state index in [2.05, 4.69) is 10.5 Å². The Morgan fingerprint density at radius 2 is 1.89 bits per heavy atom. The number of benzene rings is 2. The van der Waals surface area contributed by atoms with Crippen LogP contribution in [0.4, 0.5) is 10.5 Å². The summed E-state index contributed by atoms with van der Waals surface area (Å²) in [5.74, 6) is 1.49. The van der Waals surface area contributed by atoms with Crippen LogP contribution in [-0.4, -0.2) is 37.5 Å². The van der Waals surface area contributed by atoms with Crippen LogP contribution in [-0.2, 0) is 0 Å². The number of urea groups is 1. The fraction of sp³-hybridized carbons (Fsp3) is 0.176. The fourth-order valence-electron chi connectivity index (χ4n) is 2.03. The number of carbonyl (C=O) groups is 1. The second kappa shape index (κ2) is 9.61. The second-order valence-corrected chi connectivity index (χ2v) is 5.09. The summed E-state index contributed by atoms with van der Waals surface area (Å²) >= 11 is 0. The normalized spacial score (nSPS) is 10.4. The second-order valence-electron chi connectivity index (χ2n) is 5.09. The van der Waals surface area contributed by atoms with E-state index in [-0.39, 0.29) is 18.9 Å². The Bertz CT molecular complexity index is 823. The predicted octanol–water partition coefficient (Wildman–Crippen LogP) is 2.06. The third-order valence-electron chi connectivity index (χ3n) is 3.23. The molecular weight excluding hydrogens is 356 g/mol. The van der Waals surface area contributed by atoms with Crippen LogP contribution in [0.1, 0.15) is 5.56 Å². The van der Waals surface area contributed by atoms with E-state index in [9.17, 15) is 14.9 Å². The van der Waals surface area contributed by atoms with Crippen molar-refractivity contribution < 1.29 is 23.9 Å². The van der Waals surface area contributed by atoms with Gasteiger partial charge in [-0.2, -0.15) is 5.10 Å². The van der Waals surface area contributed by atoms with Crippen LogP contribution < -0.4 is 25.4 Å². The van der Waals surface area contributed by atoms with Crippen LogP contribution in [0.5, 0.6) is 17.2 Å². The molecule has 2 amide bonds. The molecule has 0 saturated heterocycles. The largest absolute Gasteiger partial charge is 0.493 e. The smallest absolute Gasteiger partial charge is 0.332 e. The Hall–Kier alpha value is -3.82. The first-order valence-corrected chi connectivity index (χ1v) is 7.76. The van der Waals surface area contributed by atoms with E-state index in [0.29, 0.717) is 22.8 Å². The van der Waals surface area contributed by atoms with Gasteiger partial charge in [0, 0.05) is 12.1 Å². The molecule has 2 aromatic rings. The molecule has 0 heterocycles. The van der Waals surface area contributed by atoms with Gasteiger partial charge >= 0.3 is 6.03 Å². The quantitative estimate of drug-likeness (QED) is 0.298. The average Bonchev–Trinajstić information content (AvgIpc) is 2.66. The first kappa shape index (κ1) is 19.5. The maximum atomic E-state index is 10.6. The van der Waals surface area contributed by atoms with Gasteiger partial charge in [0.2, 0.25) is 0 Å². The highest BCUT2D eigenvalue weighted by molar-refractivity contribution is 5.82. The standard InChI is InChI=1S/C17H18N4O6/c1-25-16-10-12(11-19-20-17(18)22)2-7-15(16)27-9-8-26-14-5-3-13(4-6-14)21(23)24/h2-7,10-11H,8-9H2,1H3,(H3,18,20,22). The molecule has 0 unspecified atom stereocenters. The van der Waals surface area contributed by atoms with Crippen molar-refractivity contribution in [3.05, 3.63) is 58.1 Å². The summed E-state index contributed by atoms with van der Waals surface area (Å²) in [5.41, 5.74) is 7.69. The number of nitro groups is 1. The topological polar surface area (TPSA) is 138 Å². The molecule has 27 heavy (non-hydrogen) atoms. The third kappa shape index (κ3) is 6.20. The summed E-state index contributed by atoms with van der Waals surface area (Å²) in [5, 5.41) is 14.3. The molecule has 0 aromatic heterocycles. The zero-order chi connectivity index (χ0) is 19.6. The van der Waals surface area contributed by atoms with Crippen molar-refractivity contribution in [2.24, 2.45) is 10.8 Å². The van der Waals surface area contributed by atoms with E-state index in [1.165, 1.54) is 37.6 Å². The van der Waals surface area contributed by atoms with Gasteiger partial charge < -0.3 is 19.9 Å². The fourth-order valence-corrected chi connectivity index (χ4v) is 2.03. The minimum Gasteiger partial charge on any atom is -0.493 e. The van der Waals surface area contributed by atoms with Crippen molar-refractivity contribution in [1.29, 1.82) is 0 Å². The number of ether oxygens (including phenoxy) is 3. The van der Waals surface area contributed by atoms with Gasteiger partial charge in [-0.25, -0.2) is 10.2 Å². The Balaban J connectivity index is 1.86. The zero-order valence-corrected chi connectivity index (χ0v) is 14.5. The lowest BCUT2D eigenvalue weighted by Crippen LogP contribution is -2.24. The lowest BCUT2D eigenvalue weighted by molar-refractivity contribution is -0.384. The van der Waals surface area contributed by atoms with Gasteiger partial charge in [-0.3, -0.25) is 10.1 Å². The van der Waals surface area contributed by atoms with Gasteiger partial charge in [-0.05, 0) is 35.9 Å². The van der Waals surface area contributed by atoms with E-state index >= 15 is 0 Å². The number of nitrogens with one attached hydrogen (secondary N) is 1. The van der Waals surface area contributed by atoms with Crippen LogP contribution in [0.15, 0.2) is 47.6 Å². The van der Waals surface area contributed by atoms with E-state index in [0.717, 1.165) is 0 Å². The predicted molar refractivity (Wildman–Crippen MR) is 97.4 cm³/mol. The summed E-state index contributed by atoms with van der Waals surface area (Å²) in [6.07, 6.45) is 1.41. The summed E-state index contributed by atoms with van der Waals surface area (Å²) in [6.45, 7) is 0.483. The summed E-state index contributed by atoms with van der Waals surface area (Å²) in [7, 11) is 1.50. The van der Waals surface area contributed by atoms with Gasteiger partial charge in [0.1, 0.15) is 19.0 Å². The maximum Gasteiger partial charge on any atom is 0.332 e. The van der Waals surface area contributed by atoms with Gasteiger partial charge in [0.05, 0.1) is 18.2 Å². The van der Waals surface area contributed by atoms with Gasteiger partial charge in [0.25, 0.3) is 5.69 Å². The number of rotatable bonds is 9. The van der Waals surface area contributed by atoms with E-state index in [1.54, 1.807) is 18.2 Å². The monoisotopic (exact) mass is 374 g/mol. The minimum absolute atomic E-state index is 0.00186. The van der Waals surface area contributed by atoms with Crippen molar-refractivity contribution in [2.75, 3.05) is 20.3 Å². The first-order valence-electron chi connectivity index (χ1n) is 7.76. The number of nitro benzene ring substituents is 1. The third-order valence-corrected chi connectivity index (χ3v) is 3.23. The van der Waals surface area contributed by atoms with Gasteiger partial charge in [0.15, 0.2) is 11.5 Å². The number of carbonyl (C=O) groups excluding carboxylic acids is 1. The molecule has 2 rings (SSSR count). The number of nitrogens with two attached hydrogens (primary N) is 1. The molecular formula is C17H18N4O6. The molecule has 2 aromatic carbocycles. The van der Waals surface area contributed by atoms with E-state index < -0.39 is 11.0 Å². The molecule has 0 bridgehead atoms. The van der Waals surface area contributed by atoms with Crippen molar-refractivity contribution in [3.8, 4) is 17.2 Å². The lowest BCUT2D eigenvalue weighted by Gasteiger charge is -2.12. The number of hydrazone groups is 1. The SMILES string of the molecule is COc1cc(C=NNC(N)=O)ccc1OCCOc1ccc([N+](=O)[O-])cc1. The van der Waals surface area contributed by atoms with Crippen LogP contribution >= 0.6 is 0 Å². The van der Waals surface area contributed by atoms with Crippen molar-refractivity contribution in [3.63, 3.8) is 0 Å². The molecule has 0 aliphatic heterocycles. The van der Waals surface area contributed by atoms with Crippen molar-refractivity contribution in [2.45, 2.75) is 0 Å². The highest BCUT2D eigenvalue weighted by Crippen LogP contribution is 2.27. The van der Waals surface area contributed by atoms with Crippen LogP contribution in [0.3, 0.4) is 0 Å². The highest BCUT2D eigenvalue weighted by Gasteiger charge is 2.07. The number of primary amides is 1. The molecule has 0 spiro atoms. The van der Waals surface area contributed by atoms with Crippen LogP contribution in [0, 0.1) is 10.1 Å². The lowest BCUT2D eigenvalue weighted by atomic mass is 10.2. The summed E-state index contributed by atoms with van der Waals surface area (Å²) in [4.78, 5) is 20.7. The Morgan fingerprint density at radius 3 is 2.52 bits per heavy atom.